The maximum absolute atomic E-state index is 12.3. The van der Waals surface area contributed by atoms with Crippen LogP contribution in [-0.2, 0) is 18.6 Å². The second kappa shape index (κ2) is 7.39. The number of hydrogen-bond acceptors (Lipinski definition) is 5. The van der Waals surface area contributed by atoms with E-state index >= 15 is 0 Å². The predicted molar refractivity (Wildman–Crippen MR) is 74.4 cm³/mol. The van der Waals surface area contributed by atoms with Crippen molar-refractivity contribution in [1.29, 1.82) is 0 Å². The molecule has 19 heavy (non-hydrogen) atoms. The smallest absolute Gasteiger partial charge is 0.323 e. The van der Waals surface area contributed by atoms with Gasteiger partial charge in [-0.2, -0.15) is 0 Å². The van der Waals surface area contributed by atoms with Crippen LogP contribution < -0.4 is 5.09 Å². The van der Waals surface area contributed by atoms with Crippen LogP contribution in [0.1, 0.15) is 26.7 Å². The fourth-order valence-corrected chi connectivity index (χ4v) is 3.73. The second-order valence-corrected chi connectivity index (χ2v) is 7.22. The molecule has 0 amide bonds. The molecule has 6 nitrogen and oxygen atoms in total. The third-order valence-corrected chi connectivity index (χ3v) is 4.64. The number of carbonyl (C=O) groups excluding carboxylic acids is 1. The predicted octanol–water partition coefficient (Wildman–Crippen LogP) is 1.46. The van der Waals surface area contributed by atoms with Gasteiger partial charge in [0, 0.05) is 19.8 Å². The molecule has 2 unspecified atom stereocenters. The van der Waals surface area contributed by atoms with Gasteiger partial charge in [0.2, 0.25) is 0 Å². The van der Waals surface area contributed by atoms with Gasteiger partial charge in [-0.3, -0.25) is 9.36 Å². The van der Waals surface area contributed by atoms with Crippen LogP contribution in [0.4, 0.5) is 0 Å². The van der Waals surface area contributed by atoms with Crippen LogP contribution in [0.5, 0.6) is 0 Å². The van der Waals surface area contributed by atoms with Gasteiger partial charge in [-0.15, -0.1) is 0 Å². The molecule has 1 N–H and O–H groups in total. The van der Waals surface area contributed by atoms with Gasteiger partial charge in [-0.1, -0.05) is 0 Å². The average Bonchev–Trinajstić information content (AvgIpc) is 2.31. The van der Waals surface area contributed by atoms with E-state index in [9.17, 15) is 9.36 Å². The van der Waals surface area contributed by atoms with Crippen molar-refractivity contribution in [3.63, 3.8) is 0 Å². The molecule has 1 aliphatic heterocycles. The number of ether oxygens (including phenoxy) is 1. The van der Waals surface area contributed by atoms with E-state index in [0.29, 0.717) is 6.61 Å². The first-order valence-corrected chi connectivity index (χ1v) is 8.80. The molecule has 1 fully saturated rings. The molecule has 0 aliphatic carbocycles. The fourth-order valence-electron chi connectivity index (χ4n) is 2.08. The van der Waals surface area contributed by atoms with Crippen molar-refractivity contribution in [3.05, 3.63) is 0 Å². The Bertz CT molecular complexity index is 343. The number of nitrogens with one attached hydrogen (secondary N) is 1. The number of hydrogen-bond donors (Lipinski definition) is 1. The lowest BCUT2D eigenvalue weighted by Crippen LogP contribution is -2.37. The summed E-state index contributed by atoms with van der Waals surface area (Å²) < 4.78 is 22.8. The van der Waals surface area contributed by atoms with Crippen molar-refractivity contribution >= 4 is 13.5 Å². The third-order valence-electron chi connectivity index (χ3n) is 3.08. The average molecular weight is 292 g/mol. The van der Waals surface area contributed by atoms with Crippen LogP contribution in [-0.4, -0.2) is 56.4 Å². The quantitative estimate of drug-likeness (QED) is 0.590. The number of carbonyl (C=O) groups is 1. The van der Waals surface area contributed by atoms with Crippen LogP contribution >= 0.6 is 7.52 Å². The van der Waals surface area contributed by atoms with Crippen molar-refractivity contribution in [2.75, 3.05) is 33.4 Å². The Balaban J connectivity index is 2.42. The minimum Gasteiger partial charge on any atom is -0.465 e. The van der Waals surface area contributed by atoms with Gasteiger partial charge in [0.05, 0.1) is 12.7 Å². The second-order valence-electron chi connectivity index (χ2n) is 5.06. The molecular weight excluding hydrogens is 267 g/mol. The maximum atomic E-state index is 12.3. The summed E-state index contributed by atoms with van der Waals surface area (Å²) in [6.45, 7) is 7.09. The molecule has 0 saturated carbocycles. The summed E-state index contributed by atoms with van der Waals surface area (Å²) in [5.74, 6) is -0.406. The largest absolute Gasteiger partial charge is 0.465 e. The van der Waals surface area contributed by atoms with E-state index < -0.39 is 19.5 Å². The number of rotatable bonds is 6. The van der Waals surface area contributed by atoms with Crippen molar-refractivity contribution in [1.82, 2.24) is 9.99 Å². The Hall–Kier alpha value is -0.420. The molecule has 1 saturated heterocycles. The molecule has 0 aromatic heterocycles. The fraction of sp³-hybridized carbons (Fsp3) is 0.917. The van der Waals surface area contributed by atoms with Gasteiger partial charge in [0.15, 0.2) is 0 Å². The van der Waals surface area contributed by atoms with Crippen LogP contribution in [0.2, 0.25) is 0 Å². The van der Waals surface area contributed by atoms with Gasteiger partial charge in [-0.05, 0) is 33.7 Å². The lowest BCUT2D eigenvalue weighted by Gasteiger charge is -2.31. The minimum absolute atomic E-state index is 0.00562. The Morgan fingerprint density at radius 2 is 2.05 bits per heavy atom. The highest BCUT2D eigenvalue weighted by Gasteiger charge is 2.28. The first-order chi connectivity index (χ1) is 8.84. The zero-order chi connectivity index (χ0) is 14.5. The van der Waals surface area contributed by atoms with E-state index in [1.54, 1.807) is 13.8 Å². The lowest BCUT2D eigenvalue weighted by atomic mass is 10.1. The summed E-state index contributed by atoms with van der Waals surface area (Å²) in [4.78, 5) is 13.7. The summed E-state index contributed by atoms with van der Waals surface area (Å²) in [5.41, 5.74) is 0. The summed E-state index contributed by atoms with van der Waals surface area (Å²) in [7, 11) is -0.925. The number of esters is 1. The maximum Gasteiger partial charge on any atom is 0.323 e. The Morgan fingerprint density at radius 1 is 1.47 bits per heavy atom. The monoisotopic (exact) mass is 292 g/mol. The zero-order valence-corrected chi connectivity index (χ0v) is 13.1. The lowest BCUT2D eigenvalue weighted by molar-refractivity contribution is -0.144. The van der Waals surface area contributed by atoms with Crippen molar-refractivity contribution in [2.24, 2.45) is 0 Å². The van der Waals surface area contributed by atoms with Crippen molar-refractivity contribution in [3.8, 4) is 0 Å². The molecule has 0 aromatic rings. The molecule has 7 heteroatoms. The molecule has 0 aromatic carbocycles. The molecule has 1 aliphatic rings. The molecule has 1 heterocycles. The Labute approximate surface area is 115 Å². The molecule has 112 valence electrons. The van der Waals surface area contributed by atoms with Crippen LogP contribution in [0.15, 0.2) is 0 Å². The highest BCUT2D eigenvalue weighted by Crippen LogP contribution is 2.41. The van der Waals surface area contributed by atoms with Crippen molar-refractivity contribution < 1.29 is 18.6 Å². The summed E-state index contributed by atoms with van der Waals surface area (Å²) in [6.07, 6.45) is 1.72. The highest BCUT2D eigenvalue weighted by atomic mass is 31.2. The van der Waals surface area contributed by atoms with Gasteiger partial charge in [0.1, 0.15) is 6.04 Å². The van der Waals surface area contributed by atoms with E-state index in [2.05, 4.69) is 17.0 Å². The van der Waals surface area contributed by atoms with Crippen LogP contribution in [0.3, 0.4) is 0 Å². The molecule has 0 spiro atoms. The molecule has 1 rings (SSSR count). The molecule has 2 atom stereocenters. The van der Waals surface area contributed by atoms with Gasteiger partial charge < -0.3 is 14.2 Å². The molecule has 0 bridgehead atoms. The third kappa shape index (κ3) is 6.04. The SMILES string of the molecule is CCOC(=O)C(C)NP(C)(=O)OC1CCN(C)CC1. The van der Waals surface area contributed by atoms with Gasteiger partial charge in [0.25, 0.3) is 7.52 Å². The number of piperidine rings is 1. The summed E-state index contributed by atoms with van der Waals surface area (Å²) in [5, 5.41) is 2.74. The molecule has 0 radical (unpaired) electrons. The van der Waals surface area contributed by atoms with Crippen molar-refractivity contribution in [2.45, 2.75) is 38.8 Å². The van der Waals surface area contributed by atoms with E-state index in [1.807, 2.05) is 0 Å². The van der Waals surface area contributed by atoms with E-state index in [1.165, 1.54) is 6.66 Å². The normalized spacial score (nSPS) is 22.7. The summed E-state index contributed by atoms with van der Waals surface area (Å²) >= 11 is 0. The number of likely N-dealkylation sites (tertiary alicyclic amines) is 1. The van der Waals surface area contributed by atoms with Crippen LogP contribution in [0.25, 0.3) is 0 Å². The highest BCUT2D eigenvalue weighted by molar-refractivity contribution is 7.56. The van der Waals surface area contributed by atoms with Gasteiger partial charge >= 0.3 is 5.97 Å². The van der Waals surface area contributed by atoms with Crippen LogP contribution in [0, 0.1) is 0 Å². The van der Waals surface area contributed by atoms with Gasteiger partial charge in [-0.25, -0.2) is 5.09 Å². The Morgan fingerprint density at radius 3 is 2.58 bits per heavy atom. The Kier molecular flexibility index (Phi) is 6.47. The van der Waals surface area contributed by atoms with E-state index in [-0.39, 0.29) is 6.10 Å². The first-order valence-electron chi connectivity index (χ1n) is 6.73. The molecular formula is C12H25N2O4P. The number of nitrogens with zero attached hydrogens (tertiary/aromatic N) is 1. The topological polar surface area (TPSA) is 67.9 Å². The standard InChI is InChI=1S/C12H25N2O4P/c1-5-17-12(15)10(2)13-19(4,16)18-11-6-8-14(3)9-7-11/h10-11H,5-9H2,1-4H3,(H,13,16). The first kappa shape index (κ1) is 16.6. The van der Waals surface area contributed by atoms with E-state index in [0.717, 1.165) is 25.9 Å². The summed E-state index contributed by atoms with van der Waals surface area (Å²) in [6, 6.07) is -0.623. The zero-order valence-electron chi connectivity index (χ0n) is 12.2. The van der Waals surface area contributed by atoms with E-state index in [4.69, 9.17) is 9.26 Å². The minimum atomic E-state index is -2.98.